The van der Waals surface area contributed by atoms with E-state index in [0.717, 1.165) is 34.3 Å². The van der Waals surface area contributed by atoms with Gasteiger partial charge in [-0.1, -0.05) is 25.1 Å². The van der Waals surface area contributed by atoms with Crippen molar-refractivity contribution >= 4 is 22.6 Å². The number of benzene rings is 1. The van der Waals surface area contributed by atoms with E-state index in [4.69, 9.17) is 0 Å². The number of imidazole rings is 1. The van der Waals surface area contributed by atoms with Crippen molar-refractivity contribution in [1.29, 1.82) is 0 Å². The summed E-state index contributed by atoms with van der Waals surface area (Å²) in [6.07, 6.45) is 6.66. The highest BCUT2D eigenvalue weighted by atomic mass is 16.1. The molecule has 0 aliphatic carbocycles. The minimum atomic E-state index is -0.130. The van der Waals surface area contributed by atoms with E-state index in [1.807, 2.05) is 61.0 Å². The highest BCUT2D eigenvalue weighted by molar-refractivity contribution is 5.90. The van der Waals surface area contributed by atoms with Crippen molar-refractivity contribution in [1.82, 2.24) is 24.7 Å². The number of fused-ring (bicyclic) bond motifs is 2. The van der Waals surface area contributed by atoms with Crippen LogP contribution in [-0.2, 0) is 11.2 Å². The van der Waals surface area contributed by atoms with Crippen molar-refractivity contribution in [2.45, 2.75) is 32.7 Å². The zero-order valence-corrected chi connectivity index (χ0v) is 14.9. The predicted octanol–water partition coefficient (Wildman–Crippen LogP) is 3.33. The lowest BCUT2D eigenvalue weighted by molar-refractivity contribution is -0.121. The number of para-hydroxylation sites is 1. The lowest BCUT2D eigenvalue weighted by Crippen LogP contribution is -2.29. The van der Waals surface area contributed by atoms with Gasteiger partial charge in [-0.05, 0) is 31.0 Å². The molecule has 0 spiro atoms. The lowest BCUT2D eigenvalue weighted by atomic mass is 10.1. The fraction of sp³-hybridized carbons (Fsp3) is 0.250. The number of carbonyl (C=O) groups excluding carboxylic acids is 1. The molecule has 0 aliphatic heterocycles. The van der Waals surface area contributed by atoms with Crippen LogP contribution in [0.5, 0.6) is 0 Å². The number of H-pyrrole nitrogens is 1. The molecule has 0 radical (unpaired) electrons. The maximum absolute atomic E-state index is 12.7. The van der Waals surface area contributed by atoms with Crippen molar-refractivity contribution in [2.75, 3.05) is 0 Å². The van der Waals surface area contributed by atoms with E-state index in [1.54, 1.807) is 6.20 Å². The molecule has 0 aliphatic rings. The highest BCUT2D eigenvalue weighted by Crippen LogP contribution is 2.23. The molecule has 0 bridgehead atoms. The van der Waals surface area contributed by atoms with Gasteiger partial charge in [0.1, 0.15) is 0 Å². The molecule has 26 heavy (non-hydrogen) atoms. The van der Waals surface area contributed by atoms with Gasteiger partial charge in [0.2, 0.25) is 11.7 Å². The van der Waals surface area contributed by atoms with Gasteiger partial charge < -0.3 is 10.3 Å². The van der Waals surface area contributed by atoms with Gasteiger partial charge in [0, 0.05) is 35.2 Å². The van der Waals surface area contributed by atoms with Crippen LogP contribution in [0.3, 0.4) is 0 Å². The van der Waals surface area contributed by atoms with Gasteiger partial charge in [-0.3, -0.25) is 9.20 Å². The summed E-state index contributed by atoms with van der Waals surface area (Å²) in [5.74, 6) is 0.636. The van der Waals surface area contributed by atoms with Crippen molar-refractivity contribution < 1.29 is 4.79 Å². The first kappa shape index (κ1) is 16.3. The number of carbonyl (C=O) groups is 1. The fourth-order valence-corrected chi connectivity index (χ4v) is 3.37. The average Bonchev–Trinajstić information content (AvgIpc) is 3.21. The lowest BCUT2D eigenvalue weighted by Gasteiger charge is -2.14. The summed E-state index contributed by atoms with van der Waals surface area (Å²) in [4.78, 5) is 24.8. The van der Waals surface area contributed by atoms with Crippen LogP contribution in [0.25, 0.3) is 16.7 Å². The van der Waals surface area contributed by atoms with Crippen molar-refractivity contribution in [2.24, 2.45) is 0 Å². The van der Waals surface area contributed by atoms with Gasteiger partial charge in [-0.2, -0.15) is 0 Å². The number of nitrogens with zero attached hydrogens (tertiary/aromatic N) is 3. The SMILES string of the molecule is CC[C@@H](NC(=O)Cc1c(C)[nH]c2ccccc12)c1cn2cccnc2n1. The molecule has 0 saturated carbocycles. The summed E-state index contributed by atoms with van der Waals surface area (Å²) >= 11 is 0. The molecular formula is C20H21N5O. The Labute approximate surface area is 151 Å². The van der Waals surface area contributed by atoms with E-state index in [0.29, 0.717) is 12.2 Å². The van der Waals surface area contributed by atoms with Gasteiger partial charge in [-0.15, -0.1) is 0 Å². The molecule has 132 valence electrons. The summed E-state index contributed by atoms with van der Waals surface area (Å²) in [5.41, 5.74) is 3.97. The van der Waals surface area contributed by atoms with Gasteiger partial charge in [0.15, 0.2) is 0 Å². The van der Waals surface area contributed by atoms with Crippen molar-refractivity contribution in [3.8, 4) is 0 Å². The number of aromatic amines is 1. The van der Waals surface area contributed by atoms with Gasteiger partial charge in [-0.25, -0.2) is 9.97 Å². The first-order valence-corrected chi connectivity index (χ1v) is 8.81. The van der Waals surface area contributed by atoms with Crippen LogP contribution < -0.4 is 5.32 Å². The average molecular weight is 347 g/mol. The molecule has 0 unspecified atom stereocenters. The summed E-state index contributed by atoms with van der Waals surface area (Å²) in [6, 6.07) is 9.80. The zero-order valence-electron chi connectivity index (χ0n) is 14.9. The first-order valence-electron chi connectivity index (χ1n) is 8.81. The van der Waals surface area contributed by atoms with Crippen LogP contribution in [-0.4, -0.2) is 25.3 Å². The molecule has 6 heteroatoms. The molecule has 1 amide bonds. The Balaban J connectivity index is 1.55. The molecule has 6 nitrogen and oxygen atoms in total. The number of aromatic nitrogens is 4. The molecular weight excluding hydrogens is 326 g/mol. The van der Waals surface area contributed by atoms with E-state index in [9.17, 15) is 4.79 Å². The second kappa shape index (κ2) is 6.63. The maximum Gasteiger partial charge on any atom is 0.233 e. The number of rotatable bonds is 5. The fourth-order valence-electron chi connectivity index (χ4n) is 3.37. The predicted molar refractivity (Wildman–Crippen MR) is 101 cm³/mol. The van der Waals surface area contributed by atoms with Crippen LogP contribution in [0.2, 0.25) is 0 Å². The first-order chi connectivity index (χ1) is 12.7. The van der Waals surface area contributed by atoms with Crippen LogP contribution in [0.4, 0.5) is 0 Å². The monoisotopic (exact) mass is 347 g/mol. The molecule has 3 aromatic heterocycles. The Morgan fingerprint density at radius 2 is 2.15 bits per heavy atom. The molecule has 4 aromatic rings. The van der Waals surface area contributed by atoms with E-state index in [-0.39, 0.29) is 11.9 Å². The number of amides is 1. The molecule has 1 atom stereocenters. The van der Waals surface area contributed by atoms with Crippen LogP contribution >= 0.6 is 0 Å². The summed E-state index contributed by atoms with van der Waals surface area (Å²) in [7, 11) is 0. The van der Waals surface area contributed by atoms with Crippen LogP contribution in [0, 0.1) is 6.92 Å². The third-order valence-corrected chi connectivity index (χ3v) is 4.72. The molecule has 1 aromatic carbocycles. The number of hydrogen-bond acceptors (Lipinski definition) is 3. The van der Waals surface area contributed by atoms with E-state index in [2.05, 4.69) is 20.3 Å². The van der Waals surface area contributed by atoms with Gasteiger partial charge in [0.05, 0.1) is 18.2 Å². The quantitative estimate of drug-likeness (QED) is 0.581. The van der Waals surface area contributed by atoms with Gasteiger partial charge in [0.25, 0.3) is 0 Å². The Hall–Kier alpha value is -3.15. The normalized spacial score (nSPS) is 12.5. The number of aryl methyl sites for hydroxylation is 1. The van der Waals surface area contributed by atoms with Gasteiger partial charge >= 0.3 is 0 Å². The number of hydrogen-bond donors (Lipinski definition) is 2. The summed E-state index contributed by atoms with van der Waals surface area (Å²) in [5, 5.41) is 4.22. The van der Waals surface area contributed by atoms with Crippen LogP contribution in [0.1, 0.15) is 36.3 Å². The number of nitrogens with one attached hydrogen (secondary N) is 2. The Morgan fingerprint density at radius 3 is 2.96 bits per heavy atom. The zero-order chi connectivity index (χ0) is 18.1. The third kappa shape index (κ3) is 2.94. The Bertz CT molecular complexity index is 1050. The molecule has 0 fully saturated rings. The highest BCUT2D eigenvalue weighted by Gasteiger charge is 2.18. The Morgan fingerprint density at radius 1 is 1.31 bits per heavy atom. The molecule has 3 heterocycles. The molecule has 2 N–H and O–H groups in total. The largest absolute Gasteiger partial charge is 0.358 e. The molecule has 4 rings (SSSR count). The van der Waals surface area contributed by atoms with E-state index < -0.39 is 0 Å². The maximum atomic E-state index is 12.7. The summed E-state index contributed by atoms with van der Waals surface area (Å²) < 4.78 is 1.87. The minimum absolute atomic E-state index is 0.00489. The van der Waals surface area contributed by atoms with Crippen molar-refractivity contribution in [3.63, 3.8) is 0 Å². The third-order valence-electron chi connectivity index (χ3n) is 4.72. The topological polar surface area (TPSA) is 75.1 Å². The van der Waals surface area contributed by atoms with Crippen molar-refractivity contribution in [3.05, 3.63) is 65.9 Å². The van der Waals surface area contributed by atoms with E-state index >= 15 is 0 Å². The standard InChI is InChI=1S/C20H21N5O/c1-3-16(18-12-25-10-6-9-21-20(25)24-18)23-19(26)11-15-13(2)22-17-8-5-4-7-14(15)17/h4-10,12,16,22H,3,11H2,1-2H3,(H,23,26)/t16-/m1/s1. The second-order valence-corrected chi connectivity index (χ2v) is 6.47. The van der Waals surface area contributed by atoms with E-state index in [1.165, 1.54) is 0 Å². The Kier molecular flexibility index (Phi) is 4.16. The molecule has 0 saturated heterocycles. The smallest absolute Gasteiger partial charge is 0.233 e. The van der Waals surface area contributed by atoms with Crippen LogP contribution in [0.15, 0.2) is 48.9 Å². The minimum Gasteiger partial charge on any atom is -0.358 e. The second-order valence-electron chi connectivity index (χ2n) is 6.47. The summed E-state index contributed by atoms with van der Waals surface area (Å²) in [6.45, 7) is 4.05.